The van der Waals surface area contributed by atoms with Crippen molar-refractivity contribution in [3.05, 3.63) is 29.3 Å². The minimum Gasteiger partial charge on any atom is -0.325 e. The summed E-state index contributed by atoms with van der Waals surface area (Å²) in [6.07, 6.45) is 0. The number of amides is 1. The number of halogens is 1. The highest BCUT2D eigenvalue weighted by Crippen LogP contribution is 2.28. The lowest BCUT2D eigenvalue weighted by molar-refractivity contribution is -0.115. The summed E-state index contributed by atoms with van der Waals surface area (Å²) in [6, 6.07) is 6.30. The summed E-state index contributed by atoms with van der Waals surface area (Å²) in [6.45, 7) is 10.5. The van der Waals surface area contributed by atoms with Crippen molar-refractivity contribution in [3.8, 4) is 0 Å². The molecule has 2 nitrogen and oxygen atoms in total. The van der Waals surface area contributed by atoms with E-state index in [2.05, 4.69) is 61.1 Å². The Morgan fingerprint density at radius 3 is 2.17 bits per heavy atom. The number of benzene rings is 1. The number of carbonyl (C=O) groups is 1. The Bertz CT molecular complexity index is 425. The van der Waals surface area contributed by atoms with Gasteiger partial charge >= 0.3 is 0 Å². The Balaban J connectivity index is 3.08. The highest BCUT2D eigenvalue weighted by atomic mass is 79.9. The second-order valence-corrected chi connectivity index (χ2v) is 6.63. The van der Waals surface area contributed by atoms with E-state index in [1.165, 1.54) is 11.1 Å². The minimum absolute atomic E-state index is 0.00537. The summed E-state index contributed by atoms with van der Waals surface area (Å²) in [7, 11) is 0. The maximum atomic E-state index is 11.7. The molecule has 1 amide bonds. The van der Waals surface area contributed by atoms with Crippen molar-refractivity contribution in [1.29, 1.82) is 0 Å². The van der Waals surface area contributed by atoms with Crippen LogP contribution in [0.4, 0.5) is 5.69 Å². The third kappa shape index (κ3) is 3.84. The van der Waals surface area contributed by atoms with E-state index >= 15 is 0 Å². The average Bonchev–Trinajstić information content (AvgIpc) is 2.28. The molecule has 1 atom stereocenters. The standard InChI is InChI=1S/C15H22BrNO/c1-9(2)12-6-7-14(13(8-12)10(3)4)17-15(18)11(5)16/h6-11H,1-5H3,(H,17,18). The van der Waals surface area contributed by atoms with E-state index in [0.29, 0.717) is 11.8 Å². The fourth-order valence-corrected chi connectivity index (χ4v) is 1.88. The summed E-state index contributed by atoms with van der Waals surface area (Å²) >= 11 is 3.28. The molecule has 1 aromatic carbocycles. The topological polar surface area (TPSA) is 29.1 Å². The van der Waals surface area contributed by atoms with Gasteiger partial charge in [0, 0.05) is 5.69 Å². The van der Waals surface area contributed by atoms with Gasteiger partial charge in [-0.05, 0) is 36.0 Å². The zero-order chi connectivity index (χ0) is 13.9. The summed E-state index contributed by atoms with van der Waals surface area (Å²) in [4.78, 5) is 11.6. The molecule has 3 heteroatoms. The molecule has 1 aromatic rings. The summed E-state index contributed by atoms with van der Waals surface area (Å²) < 4.78 is 0. The van der Waals surface area contributed by atoms with Crippen LogP contribution < -0.4 is 5.32 Å². The first-order valence-electron chi connectivity index (χ1n) is 6.41. The zero-order valence-corrected chi connectivity index (χ0v) is 13.3. The van der Waals surface area contributed by atoms with E-state index in [9.17, 15) is 4.79 Å². The number of hydrogen-bond acceptors (Lipinski definition) is 1. The van der Waals surface area contributed by atoms with Gasteiger partial charge in [0.1, 0.15) is 0 Å². The number of carbonyl (C=O) groups excluding carboxylic acids is 1. The smallest absolute Gasteiger partial charge is 0.237 e. The first kappa shape index (κ1) is 15.2. The molecule has 18 heavy (non-hydrogen) atoms. The van der Waals surface area contributed by atoms with Crippen LogP contribution in [0.25, 0.3) is 0 Å². The number of alkyl halides is 1. The van der Waals surface area contributed by atoms with Crippen LogP contribution in [0.2, 0.25) is 0 Å². The van der Waals surface area contributed by atoms with Gasteiger partial charge in [0.05, 0.1) is 4.83 Å². The average molecular weight is 312 g/mol. The Hall–Kier alpha value is -0.830. The lowest BCUT2D eigenvalue weighted by Crippen LogP contribution is -2.21. The summed E-state index contributed by atoms with van der Waals surface area (Å²) in [5.74, 6) is 0.890. The molecule has 0 aliphatic rings. The normalized spacial score (nSPS) is 12.9. The molecule has 1 unspecified atom stereocenters. The van der Waals surface area contributed by atoms with Crippen molar-refractivity contribution < 1.29 is 4.79 Å². The van der Waals surface area contributed by atoms with Gasteiger partial charge in [0.2, 0.25) is 5.91 Å². The first-order valence-corrected chi connectivity index (χ1v) is 7.33. The van der Waals surface area contributed by atoms with E-state index in [1.54, 1.807) is 0 Å². The molecule has 0 fully saturated rings. The van der Waals surface area contributed by atoms with Gasteiger partial charge < -0.3 is 5.32 Å². The summed E-state index contributed by atoms with van der Waals surface area (Å²) in [5.41, 5.74) is 3.43. The van der Waals surface area contributed by atoms with Crippen LogP contribution in [0.5, 0.6) is 0 Å². The molecule has 1 rings (SSSR count). The molecule has 0 saturated carbocycles. The van der Waals surface area contributed by atoms with E-state index in [4.69, 9.17) is 0 Å². The van der Waals surface area contributed by atoms with Crippen molar-refractivity contribution in [2.75, 3.05) is 5.32 Å². The lowest BCUT2D eigenvalue weighted by Gasteiger charge is -2.17. The van der Waals surface area contributed by atoms with E-state index in [-0.39, 0.29) is 10.7 Å². The molecule has 0 saturated heterocycles. The first-order chi connectivity index (χ1) is 8.32. The van der Waals surface area contributed by atoms with E-state index < -0.39 is 0 Å². The number of anilines is 1. The third-order valence-electron chi connectivity index (χ3n) is 2.98. The van der Waals surface area contributed by atoms with Crippen LogP contribution in [0.1, 0.15) is 57.6 Å². The molecule has 0 radical (unpaired) electrons. The van der Waals surface area contributed by atoms with Gasteiger partial charge in [-0.1, -0.05) is 55.8 Å². The van der Waals surface area contributed by atoms with Crippen LogP contribution in [-0.4, -0.2) is 10.7 Å². The van der Waals surface area contributed by atoms with Gasteiger partial charge in [0.15, 0.2) is 0 Å². The van der Waals surface area contributed by atoms with Crippen LogP contribution in [-0.2, 0) is 4.79 Å². The molecule has 0 aliphatic carbocycles. The molecule has 0 aromatic heterocycles. The second-order valence-electron chi connectivity index (χ2n) is 5.26. The highest BCUT2D eigenvalue weighted by molar-refractivity contribution is 9.10. The number of hydrogen-bond donors (Lipinski definition) is 1. The minimum atomic E-state index is -0.178. The number of nitrogens with one attached hydrogen (secondary N) is 1. The quantitative estimate of drug-likeness (QED) is 0.805. The van der Waals surface area contributed by atoms with Crippen molar-refractivity contribution in [1.82, 2.24) is 0 Å². The Labute approximate surface area is 118 Å². The predicted octanol–water partition coefficient (Wildman–Crippen LogP) is 4.66. The lowest BCUT2D eigenvalue weighted by atomic mass is 9.94. The van der Waals surface area contributed by atoms with E-state index in [1.807, 2.05) is 13.0 Å². The SMILES string of the molecule is CC(Br)C(=O)Nc1ccc(C(C)C)cc1C(C)C. The van der Waals surface area contributed by atoms with Crippen LogP contribution in [0, 0.1) is 0 Å². The summed E-state index contributed by atoms with van der Waals surface area (Å²) in [5, 5.41) is 2.97. The van der Waals surface area contributed by atoms with Crippen molar-refractivity contribution in [2.24, 2.45) is 0 Å². The fraction of sp³-hybridized carbons (Fsp3) is 0.533. The fourth-order valence-electron chi connectivity index (χ4n) is 1.76. The zero-order valence-electron chi connectivity index (χ0n) is 11.8. The van der Waals surface area contributed by atoms with Gasteiger partial charge in [0.25, 0.3) is 0 Å². The Morgan fingerprint density at radius 1 is 1.11 bits per heavy atom. The van der Waals surface area contributed by atoms with Crippen LogP contribution in [0.15, 0.2) is 18.2 Å². The molecular formula is C15H22BrNO. The molecular weight excluding hydrogens is 290 g/mol. The van der Waals surface area contributed by atoms with Crippen molar-refractivity contribution >= 4 is 27.5 Å². The van der Waals surface area contributed by atoms with Crippen molar-refractivity contribution in [2.45, 2.75) is 51.3 Å². The number of rotatable bonds is 4. The molecule has 1 N–H and O–H groups in total. The Kier molecular flexibility index (Phi) is 5.39. The molecule has 0 aliphatic heterocycles. The van der Waals surface area contributed by atoms with Crippen molar-refractivity contribution in [3.63, 3.8) is 0 Å². The maximum absolute atomic E-state index is 11.7. The molecule has 0 bridgehead atoms. The molecule has 100 valence electrons. The van der Waals surface area contributed by atoms with Crippen LogP contribution >= 0.6 is 15.9 Å². The monoisotopic (exact) mass is 311 g/mol. The van der Waals surface area contributed by atoms with Gasteiger partial charge in [-0.15, -0.1) is 0 Å². The van der Waals surface area contributed by atoms with Gasteiger partial charge in [-0.2, -0.15) is 0 Å². The largest absolute Gasteiger partial charge is 0.325 e. The molecule has 0 spiro atoms. The predicted molar refractivity (Wildman–Crippen MR) is 81.6 cm³/mol. The second kappa shape index (κ2) is 6.37. The van der Waals surface area contributed by atoms with E-state index in [0.717, 1.165) is 5.69 Å². The third-order valence-corrected chi connectivity index (χ3v) is 3.40. The van der Waals surface area contributed by atoms with Gasteiger partial charge in [-0.25, -0.2) is 0 Å². The Morgan fingerprint density at radius 2 is 1.72 bits per heavy atom. The van der Waals surface area contributed by atoms with Crippen LogP contribution in [0.3, 0.4) is 0 Å². The molecule has 0 heterocycles. The highest BCUT2D eigenvalue weighted by Gasteiger charge is 2.14. The maximum Gasteiger partial charge on any atom is 0.237 e. The van der Waals surface area contributed by atoms with Gasteiger partial charge in [-0.3, -0.25) is 4.79 Å².